The standard InChI is InChI=1S/C12H21NO3/c1-4-5-6-7-10(12(15)16)13-11(14)8-9(2)3/h8,10H,4-7H2,1-3H3,(H,13,14)(H,15,16). The van der Waals surface area contributed by atoms with Gasteiger partial charge in [-0.2, -0.15) is 0 Å². The number of hydrogen-bond donors (Lipinski definition) is 2. The van der Waals surface area contributed by atoms with E-state index >= 15 is 0 Å². The van der Waals surface area contributed by atoms with E-state index in [1.54, 1.807) is 13.8 Å². The Bertz CT molecular complexity index is 267. The second-order valence-corrected chi connectivity index (χ2v) is 4.12. The summed E-state index contributed by atoms with van der Waals surface area (Å²) >= 11 is 0. The van der Waals surface area contributed by atoms with E-state index in [0.717, 1.165) is 24.8 Å². The summed E-state index contributed by atoms with van der Waals surface area (Å²) in [6, 6.07) is -0.769. The molecular formula is C12H21NO3. The summed E-state index contributed by atoms with van der Waals surface area (Å²) in [6.45, 7) is 5.65. The molecule has 0 fully saturated rings. The van der Waals surface area contributed by atoms with Crippen LogP contribution in [0.1, 0.15) is 46.5 Å². The first-order valence-electron chi connectivity index (χ1n) is 5.65. The molecule has 0 aliphatic rings. The lowest BCUT2D eigenvalue weighted by Gasteiger charge is -2.12. The van der Waals surface area contributed by atoms with Crippen LogP contribution in [0.3, 0.4) is 0 Å². The third-order valence-corrected chi connectivity index (χ3v) is 2.13. The number of carbonyl (C=O) groups is 2. The topological polar surface area (TPSA) is 66.4 Å². The molecule has 0 spiro atoms. The maximum Gasteiger partial charge on any atom is 0.326 e. The Morgan fingerprint density at radius 2 is 1.94 bits per heavy atom. The van der Waals surface area contributed by atoms with E-state index in [1.807, 2.05) is 0 Å². The van der Waals surface area contributed by atoms with Crippen LogP contribution in [0.25, 0.3) is 0 Å². The van der Waals surface area contributed by atoms with E-state index in [1.165, 1.54) is 6.08 Å². The molecule has 16 heavy (non-hydrogen) atoms. The van der Waals surface area contributed by atoms with Crippen molar-refractivity contribution in [2.75, 3.05) is 0 Å². The largest absolute Gasteiger partial charge is 0.480 e. The minimum absolute atomic E-state index is 0.330. The molecule has 0 aliphatic heterocycles. The molecule has 4 nitrogen and oxygen atoms in total. The van der Waals surface area contributed by atoms with Crippen LogP contribution >= 0.6 is 0 Å². The van der Waals surface area contributed by atoms with Gasteiger partial charge in [0.1, 0.15) is 6.04 Å². The number of nitrogens with one attached hydrogen (secondary N) is 1. The van der Waals surface area contributed by atoms with Gasteiger partial charge in [-0.25, -0.2) is 4.79 Å². The van der Waals surface area contributed by atoms with Crippen LogP contribution in [0.4, 0.5) is 0 Å². The highest BCUT2D eigenvalue weighted by Crippen LogP contribution is 2.04. The number of rotatable bonds is 7. The second kappa shape index (κ2) is 7.91. The van der Waals surface area contributed by atoms with E-state index in [2.05, 4.69) is 12.2 Å². The Kier molecular flexibility index (Phi) is 7.25. The van der Waals surface area contributed by atoms with Gasteiger partial charge in [0.2, 0.25) is 5.91 Å². The van der Waals surface area contributed by atoms with Crippen molar-refractivity contribution in [3.63, 3.8) is 0 Å². The Hall–Kier alpha value is -1.32. The van der Waals surface area contributed by atoms with Gasteiger partial charge in [0, 0.05) is 6.08 Å². The first-order chi connectivity index (χ1) is 7.47. The van der Waals surface area contributed by atoms with E-state index in [9.17, 15) is 9.59 Å². The molecule has 0 heterocycles. The molecule has 0 aromatic carbocycles. The third-order valence-electron chi connectivity index (χ3n) is 2.13. The number of carboxylic acid groups (broad SMARTS) is 1. The van der Waals surface area contributed by atoms with Crippen molar-refractivity contribution >= 4 is 11.9 Å². The quantitative estimate of drug-likeness (QED) is 0.517. The molecule has 1 atom stereocenters. The lowest BCUT2D eigenvalue weighted by atomic mass is 10.1. The number of hydrogen-bond acceptors (Lipinski definition) is 2. The van der Waals surface area contributed by atoms with E-state index in [0.29, 0.717) is 6.42 Å². The Morgan fingerprint density at radius 3 is 2.38 bits per heavy atom. The second-order valence-electron chi connectivity index (χ2n) is 4.12. The van der Waals surface area contributed by atoms with Crippen molar-refractivity contribution < 1.29 is 14.7 Å². The number of carboxylic acids is 1. The van der Waals surface area contributed by atoms with Crippen LogP contribution in [0, 0.1) is 0 Å². The van der Waals surface area contributed by atoms with Gasteiger partial charge in [-0.3, -0.25) is 4.79 Å². The van der Waals surface area contributed by atoms with Crippen LogP contribution in [0.5, 0.6) is 0 Å². The van der Waals surface area contributed by atoms with Crippen LogP contribution in [-0.4, -0.2) is 23.0 Å². The number of amides is 1. The van der Waals surface area contributed by atoms with Gasteiger partial charge < -0.3 is 10.4 Å². The first kappa shape index (κ1) is 14.7. The summed E-state index contributed by atoms with van der Waals surface area (Å²) in [5, 5.41) is 11.4. The van der Waals surface area contributed by atoms with E-state index in [4.69, 9.17) is 5.11 Å². The first-order valence-corrected chi connectivity index (χ1v) is 5.65. The summed E-state index contributed by atoms with van der Waals surface area (Å²) in [5.74, 6) is -1.30. The smallest absolute Gasteiger partial charge is 0.326 e. The van der Waals surface area contributed by atoms with E-state index < -0.39 is 12.0 Å². The maximum absolute atomic E-state index is 11.4. The fourth-order valence-corrected chi connectivity index (χ4v) is 1.33. The normalized spacial score (nSPS) is 11.7. The van der Waals surface area contributed by atoms with Gasteiger partial charge in [-0.15, -0.1) is 0 Å². The summed E-state index contributed by atoms with van der Waals surface area (Å²) in [4.78, 5) is 22.2. The number of unbranched alkanes of at least 4 members (excludes halogenated alkanes) is 2. The van der Waals surface area contributed by atoms with Crippen molar-refractivity contribution in [1.29, 1.82) is 0 Å². The van der Waals surface area contributed by atoms with Gasteiger partial charge in [0.05, 0.1) is 0 Å². The molecule has 0 aromatic rings. The molecule has 0 radical (unpaired) electrons. The predicted molar refractivity (Wildman–Crippen MR) is 63.1 cm³/mol. The van der Waals surface area contributed by atoms with Gasteiger partial charge in [-0.05, 0) is 20.3 Å². The highest BCUT2D eigenvalue weighted by atomic mass is 16.4. The molecule has 0 aromatic heterocycles. The zero-order chi connectivity index (χ0) is 12.6. The van der Waals surface area contributed by atoms with E-state index in [-0.39, 0.29) is 5.91 Å². The van der Waals surface area contributed by atoms with Crippen LogP contribution in [0.2, 0.25) is 0 Å². The maximum atomic E-state index is 11.4. The average molecular weight is 227 g/mol. The molecule has 4 heteroatoms. The minimum atomic E-state index is -0.966. The molecule has 0 aliphatic carbocycles. The molecular weight excluding hydrogens is 206 g/mol. The summed E-state index contributed by atoms with van der Waals surface area (Å²) in [5.41, 5.74) is 0.857. The Morgan fingerprint density at radius 1 is 1.31 bits per heavy atom. The fraction of sp³-hybridized carbons (Fsp3) is 0.667. The van der Waals surface area contributed by atoms with Gasteiger partial charge in [-0.1, -0.05) is 31.8 Å². The minimum Gasteiger partial charge on any atom is -0.480 e. The van der Waals surface area contributed by atoms with Gasteiger partial charge in [0.25, 0.3) is 0 Å². The molecule has 1 amide bonds. The molecule has 2 N–H and O–H groups in total. The Labute approximate surface area is 96.7 Å². The summed E-state index contributed by atoms with van der Waals surface area (Å²) < 4.78 is 0. The Balaban J connectivity index is 4.18. The summed E-state index contributed by atoms with van der Waals surface area (Å²) in [6.07, 6.45) is 4.75. The predicted octanol–water partition coefficient (Wildman–Crippen LogP) is 2.10. The van der Waals surface area contributed by atoms with Gasteiger partial charge in [0.15, 0.2) is 0 Å². The van der Waals surface area contributed by atoms with Crippen molar-refractivity contribution in [3.05, 3.63) is 11.6 Å². The molecule has 92 valence electrons. The highest BCUT2D eigenvalue weighted by Gasteiger charge is 2.17. The van der Waals surface area contributed by atoms with Crippen LogP contribution in [-0.2, 0) is 9.59 Å². The van der Waals surface area contributed by atoms with Gasteiger partial charge >= 0.3 is 5.97 Å². The molecule has 0 saturated heterocycles. The van der Waals surface area contributed by atoms with Crippen LogP contribution in [0.15, 0.2) is 11.6 Å². The molecule has 0 saturated carbocycles. The number of carbonyl (C=O) groups excluding carboxylic acids is 1. The zero-order valence-corrected chi connectivity index (χ0v) is 10.2. The monoisotopic (exact) mass is 227 g/mol. The molecule has 0 bridgehead atoms. The van der Waals surface area contributed by atoms with Crippen molar-refractivity contribution in [2.24, 2.45) is 0 Å². The number of aliphatic carboxylic acids is 1. The lowest BCUT2D eigenvalue weighted by Crippen LogP contribution is -2.40. The zero-order valence-electron chi connectivity index (χ0n) is 10.2. The molecule has 0 rings (SSSR count). The van der Waals surface area contributed by atoms with Crippen LogP contribution < -0.4 is 5.32 Å². The third kappa shape index (κ3) is 7.04. The molecule has 1 unspecified atom stereocenters. The van der Waals surface area contributed by atoms with Crippen molar-refractivity contribution in [2.45, 2.75) is 52.5 Å². The summed E-state index contributed by atoms with van der Waals surface area (Å²) in [7, 11) is 0. The SMILES string of the molecule is CCCCCC(NC(=O)C=C(C)C)C(=O)O. The number of allylic oxidation sites excluding steroid dienone is 1. The highest BCUT2D eigenvalue weighted by molar-refractivity contribution is 5.91. The average Bonchev–Trinajstić information content (AvgIpc) is 2.15. The van der Waals surface area contributed by atoms with Crippen molar-refractivity contribution in [3.8, 4) is 0 Å². The fourth-order valence-electron chi connectivity index (χ4n) is 1.33. The lowest BCUT2D eigenvalue weighted by molar-refractivity contribution is -0.141. The van der Waals surface area contributed by atoms with Crippen molar-refractivity contribution in [1.82, 2.24) is 5.32 Å².